The molecule has 0 aromatic heterocycles. The van der Waals surface area contributed by atoms with Crippen LogP contribution in [0.2, 0.25) is 0 Å². The van der Waals surface area contributed by atoms with Crippen molar-refractivity contribution in [3.05, 3.63) is 30.1 Å². The molecule has 0 heterocycles. The van der Waals surface area contributed by atoms with Gasteiger partial charge in [-0.1, -0.05) is 13.8 Å². The van der Waals surface area contributed by atoms with Crippen molar-refractivity contribution in [2.24, 2.45) is 29.1 Å². The highest BCUT2D eigenvalue weighted by atomic mass is 19.1. The number of carbonyl (C=O) groups excluding carboxylic acids is 2. The normalized spacial score (nSPS) is 32.4. The maximum absolute atomic E-state index is 13.3. The van der Waals surface area contributed by atoms with E-state index in [-0.39, 0.29) is 29.0 Å². The molecule has 4 saturated carbocycles. The minimum Gasteiger partial charge on any atom is -0.344 e. The fourth-order valence-corrected chi connectivity index (χ4v) is 5.97. The average molecular weight is 372 g/mol. The van der Waals surface area contributed by atoms with E-state index in [1.54, 1.807) is 0 Å². The lowest BCUT2D eigenvalue weighted by molar-refractivity contribution is -0.148. The smallest absolute Gasteiger partial charge is 0.247 e. The fraction of sp³-hybridized carbons (Fsp3) is 0.636. The van der Waals surface area contributed by atoms with Crippen LogP contribution in [-0.2, 0) is 9.59 Å². The summed E-state index contributed by atoms with van der Waals surface area (Å²) in [5.74, 6) is 1.52. The molecule has 27 heavy (non-hydrogen) atoms. The third-order valence-electron chi connectivity index (χ3n) is 6.87. The number of halogens is 1. The second-order valence-corrected chi connectivity index (χ2v) is 9.39. The molecule has 0 radical (unpaired) electrons. The van der Waals surface area contributed by atoms with Gasteiger partial charge in [0, 0.05) is 11.1 Å². The number of carbonyl (C=O) groups is 2. The van der Waals surface area contributed by atoms with Gasteiger partial charge in [0.2, 0.25) is 11.8 Å². The van der Waals surface area contributed by atoms with Crippen molar-refractivity contribution in [3.63, 3.8) is 0 Å². The molecule has 4 aliphatic rings. The maximum Gasteiger partial charge on any atom is 0.247 e. The van der Waals surface area contributed by atoms with Crippen LogP contribution in [0.3, 0.4) is 0 Å². The highest BCUT2D eigenvalue weighted by Gasteiger charge is 2.55. The molecule has 5 rings (SSSR count). The Morgan fingerprint density at radius 3 is 2.00 bits per heavy atom. The Kier molecular flexibility index (Phi) is 4.73. The van der Waals surface area contributed by atoms with Crippen molar-refractivity contribution in [1.82, 2.24) is 5.32 Å². The number of hydrogen-bond acceptors (Lipinski definition) is 2. The molecule has 4 nitrogen and oxygen atoms in total. The van der Waals surface area contributed by atoms with E-state index in [4.69, 9.17) is 0 Å². The largest absolute Gasteiger partial charge is 0.344 e. The van der Waals surface area contributed by atoms with Gasteiger partial charge in [-0.15, -0.1) is 0 Å². The van der Waals surface area contributed by atoms with Gasteiger partial charge >= 0.3 is 0 Å². The first kappa shape index (κ1) is 18.5. The van der Waals surface area contributed by atoms with Gasteiger partial charge in [-0.05, 0) is 86.5 Å². The average Bonchev–Trinajstić information content (AvgIpc) is 2.59. The molecular formula is C22H29FN2O2. The first-order valence-electron chi connectivity index (χ1n) is 10.2. The van der Waals surface area contributed by atoms with Gasteiger partial charge in [0.15, 0.2) is 0 Å². The van der Waals surface area contributed by atoms with Crippen molar-refractivity contribution >= 4 is 17.5 Å². The quantitative estimate of drug-likeness (QED) is 0.817. The molecule has 1 atom stereocenters. The van der Waals surface area contributed by atoms with Gasteiger partial charge in [-0.25, -0.2) is 4.39 Å². The SMILES string of the molecule is CC(C)[C@@H](NC(=O)C12CC3CC(CC(C3)C1)C2)C(=O)Nc1ccc(F)cc1. The Morgan fingerprint density at radius 2 is 1.52 bits per heavy atom. The van der Waals surface area contributed by atoms with E-state index in [1.165, 1.54) is 43.5 Å². The third kappa shape index (κ3) is 3.61. The first-order valence-corrected chi connectivity index (χ1v) is 10.2. The number of amides is 2. The van der Waals surface area contributed by atoms with Crippen molar-refractivity contribution in [1.29, 1.82) is 0 Å². The zero-order chi connectivity index (χ0) is 19.2. The van der Waals surface area contributed by atoms with Crippen LogP contribution in [0.5, 0.6) is 0 Å². The summed E-state index contributed by atoms with van der Waals surface area (Å²) in [6, 6.07) is 5.11. The Bertz CT molecular complexity index is 693. The molecule has 1 aromatic rings. The van der Waals surface area contributed by atoms with E-state index in [0.717, 1.165) is 19.3 Å². The summed E-state index contributed by atoms with van der Waals surface area (Å²) >= 11 is 0. The number of nitrogens with one attached hydrogen (secondary N) is 2. The molecule has 0 unspecified atom stereocenters. The predicted octanol–water partition coefficient (Wildman–Crippen LogP) is 4.12. The first-order chi connectivity index (χ1) is 12.8. The molecule has 1 aromatic carbocycles. The second-order valence-electron chi connectivity index (χ2n) is 9.39. The van der Waals surface area contributed by atoms with Gasteiger partial charge < -0.3 is 10.6 Å². The van der Waals surface area contributed by atoms with Gasteiger partial charge in [0.1, 0.15) is 11.9 Å². The summed E-state index contributed by atoms with van der Waals surface area (Å²) in [5, 5.41) is 5.89. The zero-order valence-corrected chi connectivity index (χ0v) is 16.1. The topological polar surface area (TPSA) is 58.2 Å². The lowest BCUT2D eigenvalue weighted by Gasteiger charge is -2.55. The summed E-state index contributed by atoms with van der Waals surface area (Å²) in [5.41, 5.74) is 0.272. The van der Waals surface area contributed by atoms with E-state index >= 15 is 0 Å². The van der Waals surface area contributed by atoms with Gasteiger partial charge in [-0.3, -0.25) is 9.59 Å². The molecule has 5 heteroatoms. The zero-order valence-electron chi connectivity index (χ0n) is 16.1. The van der Waals surface area contributed by atoms with Crippen LogP contribution >= 0.6 is 0 Å². The number of hydrogen-bond donors (Lipinski definition) is 2. The van der Waals surface area contributed by atoms with Crippen LogP contribution in [0.4, 0.5) is 10.1 Å². The minimum atomic E-state index is -0.587. The highest BCUT2D eigenvalue weighted by Crippen LogP contribution is 2.60. The van der Waals surface area contributed by atoms with Crippen LogP contribution in [-0.4, -0.2) is 17.9 Å². The van der Waals surface area contributed by atoms with E-state index in [9.17, 15) is 14.0 Å². The Balaban J connectivity index is 1.46. The predicted molar refractivity (Wildman–Crippen MR) is 102 cm³/mol. The Morgan fingerprint density at radius 1 is 1.00 bits per heavy atom. The van der Waals surface area contributed by atoms with Gasteiger partial charge in [0.05, 0.1) is 0 Å². The van der Waals surface area contributed by atoms with Crippen LogP contribution < -0.4 is 10.6 Å². The highest BCUT2D eigenvalue weighted by molar-refractivity contribution is 5.98. The number of benzene rings is 1. The number of rotatable bonds is 5. The molecular weight excluding hydrogens is 343 g/mol. The van der Waals surface area contributed by atoms with Crippen molar-refractivity contribution in [2.45, 2.75) is 58.4 Å². The molecule has 0 spiro atoms. The Hall–Kier alpha value is -1.91. The van der Waals surface area contributed by atoms with Crippen LogP contribution in [0.1, 0.15) is 52.4 Å². The molecule has 146 valence electrons. The Labute approximate surface area is 160 Å². The summed E-state index contributed by atoms with van der Waals surface area (Å²) in [6.07, 6.45) is 6.79. The van der Waals surface area contributed by atoms with E-state index in [0.29, 0.717) is 23.4 Å². The number of anilines is 1. The van der Waals surface area contributed by atoms with Gasteiger partial charge in [-0.2, -0.15) is 0 Å². The summed E-state index contributed by atoms with van der Waals surface area (Å²) in [7, 11) is 0. The molecule has 2 N–H and O–H groups in total. The van der Waals surface area contributed by atoms with E-state index < -0.39 is 6.04 Å². The third-order valence-corrected chi connectivity index (χ3v) is 6.87. The summed E-state index contributed by atoms with van der Waals surface area (Å²) < 4.78 is 13.1. The second kappa shape index (κ2) is 6.92. The fourth-order valence-electron chi connectivity index (χ4n) is 5.97. The van der Waals surface area contributed by atoms with Crippen LogP contribution in [0.25, 0.3) is 0 Å². The standard InChI is InChI=1S/C22H29FN2O2/c1-13(2)19(20(26)24-18-5-3-17(23)4-6-18)25-21(27)22-10-14-7-15(11-22)9-16(8-14)12-22/h3-6,13-16,19H,7-12H2,1-2H3,(H,24,26)(H,25,27)/t14?,15?,16?,19-,22?/m1/s1. The summed E-state index contributed by atoms with van der Waals surface area (Å²) in [4.78, 5) is 26.1. The monoisotopic (exact) mass is 372 g/mol. The molecule has 4 fully saturated rings. The molecule has 0 aliphatic heterocycles. The van der Waals surface area contributed by atoms with Crippen LogP contribution in [0.15, 0.2) is 24.3 Å². The van der Waals surface area contributed by atoms with E-state index in [1.807, 2.05) is 13.8 Å². The minimum absolute atomic E-state index is 0.0247. The van der Waals surface area contributed by atoms with Crippen molar-refractivity contribution in [2.75, 3.05) is 5.32 Å². The lowest BCUT2D eigenvalue weighted by atomic mass is 9.49. The van der Waals surface area contributed by atoms with Crippen molar-refractivity contribution < 1.29 is 14.0 Å². The maximum atomic E-state index is 13.3. The lowest BCUT2D eigenvalue weighted by Crippen LogP contribution is -2.57. The van der Waals surface area contributed by atoms with Crippen LogP contribution in [0, 0.1) is 34.9 Å². The summed E-state index contributed by atoms with van der Waals surface area (Å²) in [6.45, 7) is 3.88. The van der Waals surface area contributed by atoms with E-state index in [2.05, 4.69) is 10.6 Å². The van der Waals surface area contributed by atoms with Gasteiger partial charge in [0.25, 0.3) is 0 Å². The molecule has 4 bridgehead atoms. The molecule has 2 amide bonds. The van der Waals surface area contributed by atoms with Crippen molar-refractivity contribution in [3.8, 4) is 0 Å². The molecule has 0 saturated heterocycles. The molecule has 4 aliphatic carbocycles.